The average molecular weight is 307 g/mol. The van der Waals surface area contributed by atoms with E-state index in [-0.39, 0.29) is 0 Å². The largest absolute Gasteiger partial charge is 0.489 e. The number of aliphatic hydroxyl groups excluding tert-OH is 1. The number of rotatable bonds is 4. The maximum absolute atomic E-state index is 9.41. The first kappa shape index (κ1) is 13.1. The highest BCUT2D eigenvalue weighted by molar-refractivity contribution is 9.10. The summed E-state index contributed by atoms with van der Waals surface area (Å²) >= 11 is 3.43. The zero-order valence-electron chi connectivity index (χ0n) is 10.1. The minimum atomic E-state index is -0.441. The van der Waals surface area contributed by atoms with E-state index in [1.807, 2.05) is 48.5 Å². The van der Waals surface area contributed by atoms with E-state index in [9.17, 15) is 5.11 Å². The zero-order chi connectivity index (χ0) is 13.0. The smallest absolute Gasteiger partial charge is 0.119 e. The maximum atomic E-state index is 9.41. The van der Waals surface area contributed by atoms with Gasteiger partial charge in [-0.3, -0.25) is 0 Å². The number of halogens is 1. The molecule has 0 fully saturated rings. The van der Waals surface area contributed by atoms with Gasteiger partial charge in [-0.05, 0) is 42.3 Å². The quantitative estimate of drug-likeness (QED) is 0.922. The normalized spacial score (nSPS) is 12.2. The zero-order valence-corrected chi connectivity index (χ0v) is 11.7. The van der Waals surface area contributed by atoms with Gasteiger partial charge in [0.25, 0.3) is 0 Å². The van der Waals surface area contributed by atoms with Crippen molar-refractivity contribution in [1.82, 2.24) is 0 Å². The SMILES string of the molecule is C[C@H](O)c1ccc(OCc2cccc(Br)c2)cc1. The third-order valence-corrected chi connectivity index (χ3v) is 3.15. The summed E-state index contributed by atoms with van der Waals surface area (Å²) in [6.07, 6.45) is -0.441. The Morgan fingerprint density at radius 1 is 1.17 bits per heavy atom. The van der Waals surface area contributed by atoms with Gasteiger partial charge in [0.2, 0.25) is 0 Å². The Morgan fingerprint density at radius 2 is 1.89 bits per heavy atom. The summed E-state index contributed by atoms with van der Waals surface area (Å²) in [6, 6.07) is 15.5. The van der Waals surface area contributed by atoms with Crippen molar-refractivity contribution in [1.29, 1.82) is 0 Å². The van der Waals surface area contributed by atoms with E-state index in [2.05, 4.69) is 15.9 Å². The Kier molecular flexibility index (Phi) is 4.39. The van der Waals surface area contributed by atoms with E-state index in [0.717, 1.165) is 21.3 Å². The summed E-state index contributed by atoms with van der Waals surface area (Å²) in [4.78, 5) is 0. The van der Waals surface area contributed by atoms with Crippen LogP contribution >= 0.6 is 15.9 Å². The van der Waals surface area contributed by atoms with Gasteiger partial charge in [-0.2, -0.15) is 0 Å². The lowest BCUT2D eigenvalue weighted by Gasteiger charge is -2.08. The van der Waals surface area contributed by atoms with Crippen LogP contribution in [0.5, 0.6) is 5.75 Å². The third kappa shape index (κ3) is 3.59. The van der Waals surface area contributed by atoms with Crippen LogP contribution in [-0.2, 0) is 6.61 Å². The van der Waals surface area contributed by atoms with Crippen molar-refractivity contribution < 1.29 is 9.84 Å². The van der Waals surface area contributed by atoms with Gasteiger partial charge in [-0.15, -0.1) is 0 Å². The molecule has 18 heavy (non-hydrogen) atoms. The molecular formula is C15H15BrO2. The van der Waals surface area contributed by atoms with Crippen LogP contribution in [0.25, 0.3) is 0 Å². The number of hydrogen-bond acceptors (Lipinski definition) is 2. The molecule has 2 rings (SSSR count). The number of benzene rings is 2. The summed E-state index contributed by atoms with van der Waals surface area (Å²) in [5.41, 5.74) is 2.01. The Bertz CT molecular complexity index is 506. The maximum Gasteiger partial charge on any atom is 0.119 e. The molecular weight excluding hydrogens is 292 g/mol. The molecule has 0 radical (unpaired) electrons. The number of ether oxygens (including phenoxy) is 1. The predicted octanol–water partition coefficient (Wildman–Crippen LogP) is 4.08. The van der Waals surface area contributed by atoms with Crippen molar-refractivity contribution in [3.05, 3.63) is 64.1 Å². The summed E-state index contributed by atoms with van der Waals surface area (Å²) in [7, 11) is 0. The molecule has 0 saturated heterocycles. The van der Waals surface area contributed by atoms with E-state index in [4.69, 9.17) is 4.74 Å². The van der Waals surface area contributed by atoms with Crippen molar-refractivity contribution in [3.63, 3.8) is 0 Å². The fourth-order valence-electron chi connectivity index (χ4n) is 1.64. The molecule has 1 atom stereocenters. The molecule has 0 saturated carbocycles. The van der Waals surface area contributed by atoms with Gasteiger partial charge in [0.15, 0.2) is 0 Å². The van der Waals surface area contributed by atoms with Gasteiger partial charge in [0.05, 0.1) is 6.10 Å². The molecule has 0 unspecified atom stereocenters. The number of hydrogen-bond donors (Lipinski definition) is 1. The Morgan fingerprint density at radius 3 is 2.50 bits per heavy atom. The summed E-state index contributed by atoms with van der Waals surface area (Å²) in [5.74, 6) is 0.805. The molecule has 0 aliphatic carbocycles. The average Bonchev–Trinajstić information content (AvgIpc) is 2.37. The van der Waals surface area contributed by atoms with Crippen molar-refractivity contribution in [2.24, 2.45) is 0 Å². The second-order valence-electron chi connectivity index (χ2n) is 4.16. The lowest BCUT2D eigenvalue weighted by molar-refractivity contribution is 0.199. The van der Waals surface area contributed by atoms with E-state index in [0.29, 0.717) is 6.61 Å². The van der Waals surface area contributed by atoms with E-state index >= 15 is 0 Å². The van der Waals surface area contributed by atoms with Crippen LogP contribution in [0.4, 0.5) is 0 Å². The first-order chi connectivity index (χ1) is 8.65. The molecule has 0 aliphatic rings. The van der Waals surface area contributed by atoms with E-state index in [1.54, 1.807) is 6.92 Å². The van der Waals surface area contributed by atoms with Crippen molar-refractivity contribution in [2.75, 3.05) is 0 Å². The van der Waals surface area contributed by atoms with Gasteiger partial charge >= 0.3 is 0 Å². The molecule has 2 aromatic carbocycles. The Balaban J connectivity index is 1.98. The molecule has 2 aromatic rings. The molecule has 0 amide bonds. The summed E-state index contributed by atoms with van der Waals surface area (Å²) in [5, 5.41) is 9.41. The van der Waals surface area contributed by atoms with E-state index in [1.165, 1.54) is 0 Å². The Labute approximate surface area is 115 Å². The fourth-order valence-corrected chi connectivity index (χ4v) is 2.08. The van der Waals surface area contributed by atoms with Gasteiger partial charge in [0, 0.05) is 4.47 Å². The Hall–Kier alpha value is -1.32. The monoisotopic (exact) mass is 306 g/mol. The van der Waals surface area contributed by atoms with Crippen LogP contribution in [0.2, 0.25) is 0 Å². The van der Waals surface area contributed by atoms with Crippen LogP contribution in [0, 0.1) is 0 Å². The molecule has 0 heterocycles. The second kappa shape index (κ2) is 6.03. The first-order valence-electron chi connectivity index (χ1n) is 5.80. The van der Waals surface area contributed by atoms with Crippen molar-refractivity contribution in [3.8, 4) is 5.75 Å². The van der Waals surface area contributed by atoms with Crippen LogP contribution in [0.15, 0.2) is 53.0 Å². The molecule has 0 bridgehead atoms. The standard InChI is InChI=1S/C15H15BrO2/c1-11(17)13-5-7-15(8-6-13)18-10-12-3-2-4-14(16)9-12/h2-9,11,17H,10H2,1H3/t11-/m0/s1. The van der Waals surface area contributed by atoms with E-state index < -0.39 is 6.10 Å². The first-order valence-corrected chi connectivity index (χ1v) is 6.60. The van der Waals surface area contributed by atoms with Crippen LogP contribution in [-0.4, -0.2) is 5.11 Å². The van der Waals surface area contributed by atoms with Crippen LogP contribution in [0.1, 0.15) is 24.2 Å². The summed E-state index contributed by atoms with van der Waals surface area (Å²) in [6.45, 7) is 2.28. The highest BCUT2D eigenvalue weighted by atomic mass is 79.9. The summed E-state index contributed by atoms with van der Waals surface area (Å²) < 4.78 is 6.73. The molecule has 0 aliphatic heterocycles. The van der Waals surface area contributed by atoms with Crippen molar-refractivity contribution >= 4 is 15.9 Å². The molecule has 1 N–H and O–H groups in total. The molecule has 2 nitrogen and oxygen atoms in total. The molecule has 3 heteroatoms. The topological polar surface area (TPSA) is 29.5 Å². The van der Waals surface area contributed by atoms with Crippen molar-refractivity contribution in [2.45, 2.75) is 19.6 Å². The minimum absolute atomic E-state index is 0.441. The molecule has 0 spiro atoms. The second-order valence-corrected chi connectivity index (χ2v) is 5.08. The molecule has 94 valence electrons. The van der Waals surface area contributed by atoms with Crippen LogP contribution in [0.3, 0.4) is 0 Å². The third-order valence-electron chi connectivity index (χ3n) is 2.66. The fraction of sp³-hybridized carbons (Fsp3) is 0.200. The van der Waals surface area contributed by atoms with Gasteiger partial charge in [-0.1, -0.05) is 40.2 Å². The van der Waals surface area contributed by atoms with Gasteiger partial charge in [0.1, 0.15) is 12.4 Å². The minimum Gasteiger partial charge on any atom is -0.489 e. The van der Waals surface area contributed by atoms with Crippen LogP contribution < -0.4 is 4.74 Å². The van der Waals surface area contributed by atoms with Gasteiger partial charge < -0.3 is 9.84 Å². The lowest BCUT2D eigenvalue weighted by atomic mass is 10.1. The highest BCUT2D eigenvalue weighted by Crippen LogP contribution is 2.19. The molecule has 0 aromatic heterocycles. The van der Waals surface area contributed by atoms with Gasteiger partial charge in [-0.25, -0.2) is 0 Å². The number of aliphatic hydroxyl groups is 1. The highest BCUT2D eigenvalue weighted by Gasteiger charge is 2.01. The lowest BCUT2D eigenvalue weighted by Crippen LogP contribution is -1.96. The predicted molar refractivity (Wildman–Crippen MR) is 75.5 cm³/mol.